The Balaban J connectivity index is 1.84. The van der Waals surface area contributed by atoms with Gasteiger partial charge in [0.05, 0.1) is 13.7 Å². The van der Waals surface area contributed by atoms with Gasteiger partial charge in [0.25, 0.3) is 0 Å². The number of rotatable bonds is 7. The fourth-order valence-corrected chi connectivity index (χ4v) is 2.11. The minimum atomic E-state index is -0.00743. The van der Waals surface area contributed by atoms with Crippen molar-refractivity contribution in [3.63, 3.8) is 0 Å². The minimum absolute atomic E-state index is 0.00743. The van der Waals surface area contributed by atoms with E-state index in [4.69, 9.17) is 9.47 Å². The Labute approximate surface area is 131 Å². The molecule has 0 heterocycles. The summed E-state index contributed by atoms with van der Waals surface area (Å²) in [5, 5.41) is 2.88. The van der Waals surface area contributed by atoms with Gasteiger partial charge in [0.15, 0.2) is 0 Å². The number of carbonyl (C=O) groups excluding carboxylic acids is 1. The van der Waals surface area contributed by atoms with Gasteiger partial charge in [-0.05, 0) is 55.3 Å². The second-order valence-corrected chi connectivity index (χ2v) is 4.86. The summed E-state index contributed by atoms with van der Waals surface area (Å²) in [5.41, 5.74) is 1.86. The molecule has 116 valence electrons. The van der Waals surface area contributed by atoms with Gasteiger partial charge < -0.3 is 14.8 Å². The standard InChI is InChI=1S/C18H21NO3/c1-3-22-16-10-8-15(9-11-16)19-18(20)12-7-14-5-4-6-17(13-14)21-2/h4-6,8-11,13H,3,7,12H2,1-2H3,(H,19,20). The van der Waals surface area contributed by atoms with Gasteiger partial charge in [-0.1, -0.05) is 12.1 Å². The number of aryl methyl sites for hydroxylation is 1. The first-order valence-electron chi connectivity index (χ1n) is 7.37. The molecule has 2 aromatic carbocycles. The molecule has 2 rings (SSSR count). The van der Waals surface area contributed by atoms with E-state index >= 15 is 0 Å². The van der Waals surface area contributed by atoms with Crippen molar-refractivity contribution in [3.05, 3.63) is 54.1 Å². The van der Waals surface area contributed by atoms with Crippen LogP contribution in [0, 0.1) is 0 Å². The Morgan fingerprint density at radius 2 is 1.86 bits per heavy atom. The number of hydrogen-bond acceptors (Lipinski definition) is 3. The van der Waals surface area contributed by atoms with Gasteiger partial charge in [-0.2, -0.15) is 0 Å². The third-order valence-corrected chi connectivity index (χ3v) is 3.22. The van der Waals surface area contributed by atoms with Gasteiger partial charge in [0.1, 0.15) is 11.5 Å². The molecule has 1 N–H and O–H groups in total. The molecule has 0 aliphatic carbocycles. The summed E-state index contributed by atoms with van der Waals surface area (Å²) in [4.78, 5) is 12.0. The lowest BCUT2D eigenvalue weighted by Crippen LogP contribution is -2.12. The maximum atomic E-state index is 12.0. The number of amides is 1. The van der Waals surface area contributed by atoms with Crippen LogP contribution in [0.4, 0.5) is 5.69 Å². The average molecular weight is 299 g/mol. The zero-order valence-electron chi connectivity index (χ0n) is 13.0. The lowest BCUT2D eigenvalue weighted by Gasteiger charge is -2.08. The third-order valence-electron chi connectivity index (χ3n) is 3.22. The van der Waals surface area contributed by atoms with Gasteiger partial charge >= 0.3 is 0 Å². The number of carbonyl (C=O) groups is 1. The first-order chi connectivity index (χ1) is 10.7. The van der Waals surface area contributed by atoms with Gasteiger partial charge in [0, 0.05) is 12.1 Å². The summed E-state index contributed by atoms with van der Waals surface area (Å²) in [6.07, 6.45) is 1.11. The number of anilines is 1. The topological polar surface area (TPSA) is 47.6 Å². The fraction of sp³-hybridized carbons (Fsp3) is 0.278. The molecular weight excluding hydrogens is 278 g/mol. The quantitative estimate of drug-likeness (QED) is 0.848. The molecule has 0 radical (unpaired) electrons. The number of ether oxygens (including phenoxy) is 2. The molecule has 1 amide bonds. The lowest BCUT2D eigenvalue weighted by molar-refractivity contribution is -0.116. The van der Waals surface area contributed by atoms with Gasteiger partial charge in [0.2, 0.25) is 5.91 Å². The lowest BCUT2D eigenvalue weighted by atomic mass is 10.1. The largest absolute Gasteiger partial charge is 0.497 e. The fourth-order valence-electron chi connectivity index (χ4n) is 2.11. The summed E-state index contributed by atoms with van der Waals surface area (Å²) >= 11 is 0. The van der Waals surface area contributed by atoms with Crippen LogP contribution in [0.5, 0.6) is 11.5 Å². The molecule has 0 aromatic heterocycles. The van der Waals surface area contributed by atoms with E-state index in [0.29, 0.717) is 19.4 Å². The molecule has 22 heavy (non-hydrogen) atoms. The molecule has 4 nitrogen and oxygen atoms in total. The third kappa shape index (κ3) is 4.81. The zero-order valence-corrected chi connectivity index (χ0v) is 13.0. The summed E-state index contributed by atoms with van der Waals surface area (Å²) < 4.78 is 10.5. The smallest absolute Gasteiger partial charge is 0.224 e. The van der Waals surface area contributed by atoms with Crippen molar-refractivity contribution in [2.45, 2.75) is 19.8 Å². The summed E-state index contributed by atoms with van der Waals surface area (Å²) in [6, 6.07) is 15.1. The molecular formula is C18H21NO3. The van der Waals surface area contributed by atoms with Gasteiger partial charge in [-0.25, -0.2) is 0 Å². The van der Waals surface area contributed by atoms with E-state index in [2.05, 4.69) is 5.32 Å². The predicted octanol–water partition coefficient (Wildman–Crippen LogP) is 3.67. The van der Waals surface area contributed by atoms with Crippen LogP contribution in [0.25, 0.3) is 0 Å². The summed E-state index contributed by atoms with van der Waals surface area (Å²) in [6.45, 7) is 2.57. The van der Waals surface area contributed by atoms with Crippen LogP contribution >= 0.6 is 0 Å². The molecule has 0 fully saturated rings. The highest BCUT2D eigenvalue weighted by Crippen LogP contribution is 2.17. The molecule has 0 spiro atoms. The highest BCUT2D eigenvalue weighted by molar-refractivity contribution is 5.90. The number of hydrogen-bond donors (Lipinski definition) is 1. The molecule has 2 aromatic rings. The van der Waals surface area contributed by atoms with Crippen molar-refractivity contribution in [1.82, 2.24) is 0 Å². The SMILES string of the molecule is CCOc1ccc(NC(=O)CCc2cccc(OC)c2)cc1. The van der Waals surface area contributed by atoms with Crippen LogP contribution in [0.1, 0.15) is 18.9 Å². The molecule has 0 aliphatic rings. The van der Waals surface area contributed by atoms with E-state index in [1.807, 2.05) is 55.5 Å². The van der Waals surface area contributed by atoms with Crippen molar-refractivity contribution in [2.24, 2.45) is 0 Å². The normalized spacial score (nSPS) is 10.1. The van der Waals surface area contributed by atoms with E-state index in [1.54, 1.807) is 7.11 Å². The highest BCUT2D eigenvalue weighted by Gasteiger charge is 2.04. The molecule has 0 bridgehead atoms. The maximum Gasteiger partial charge on any atom is 0.224 e. The Bertz CT molecular complexity index is 608. The van der Waals surface area contributed by atoms with Crippen molar-refractivity contribution >= 4 is 11.6 Å². The Hall–Kier alpha value is -2.49. The maximum absolute atomic E-state index is 12.0. The Morgan fingerprint density at radius 1 is 1.09 bits per heavy atom. The number of benzene rings is 2. The van der Waals surface area contributed by atoms with Crippen LogP contribution < -0.4 is 14.8 Å². The zero-order chi connectivity index (χ0) is 15.8. The van der Waals surface area contributed by atoms with Crippen molar-refractivity contribution in [3.8, 4) is 11.5 Å². The second kappa shape index (κ2) is 8.08. The summed E-state index contributed by atoms with van der Waals surface area (Å²) in [5.74, 6) is 1.60. The van der Waals surface area contributed by atoms with Crippen molar-refractivity contribution < 1.29 is 14.3 Å². The van der Waals surface area contributed by atoms with Crippen molar-refractivity contribution in [1.29, 1.82) is 0 Å². The van der Waals surface area contributed by atoms with Crippen LogP contribution in [0.3, 0.4) is 0 Å². The van der Waals surface area contributed by atoms with E-state index in [1.165, 1.54) is 0 Å². The molecule has 4 heteroatoms. The Morgan fingerprint density at radius 3 is 2.55 bits per heavy atom. The predicted molar refractivity (Wildman–Crippen MR) is 87.6 cm³/mol. The molecule has 0 aliphatic heterocycles. The monoisotopic (exact) mass is 299 g/mol. The Kier molecular flexibility index (Phi) is 5.83. The first-order valence-corrected chi connectivity index (χ1v) is 7.37. The highest BCUT2D eigenvalue weighted by atomic mass is 16.5. The molecule has 0 atom stereocenters. The molecule has 0 saturated heterocycles. The average Bonchev–Trinajstić information content (AvgIpc) is 2.55. The van der Waals surface area contributed by atoms with E-state index in [0.717, 1.165) is 22.7 Å². The van der Waals surface area contributed by atoms with Gasteiger partial charge in [-0.15, -0.1) is 0 Å². The van der Waals surface area contributed by atoms with Crippen LogP contribution in [-0.2, 0) is 11.2 Å². The second-order valence-electron chi connectivity index (χ2n) is 4.86. The molecule has 0 saturated carbocycles. The summed E-state index contributed by atoms with van der Waals surface area (Å²) in [7, 11) is 1.64. The van der Waals surface area contributed by atoms with Crippen molar-refractivity contribution in [2.75, 3.05) is 19.0 Å². The molecule has 0 unspecified atom stereocenters. The van der Waals surface area contributed by atoms with Gasteiger partial charge in [-0.3, -0.25) is 4.79 Å². The van der Waals surface area contributed by atoms with E-state index in [-0.39, 0.29) is 5.91 Å². The van der Waals surface area contributed by atoms with E-state index in [9.17, 15) is 4.79 Å². The van der Waals surface area contributed by atoms with E-state index < -0.39 is 0 Å². The van der Waals surface area contributed by atoms with Crippen LogP contribution in [0.15, 0.2) is 48.5 Å². The van der Waals surface area contributed by atoms with Crippen LogP contribution in [0.2, 0.25) is 0 Å². The van der Waals surface area contributed by atoms with Crippen LogP contribution in [-0.4, -0.2) is 19.6 Å². The first kappa shape index (κ1) is 15.9. The minimum Gasteiger partial charge on any atom is -0.497 e. The number of methoxy groups -OCH3 is 1. The number of nitrogens with one attached hydrogen (secondary N) is 1.